The number of ether oxygens (including phenoxy) is 6. The summed E-state index contributed by atoms with van der Waals surface area (Å²) in [4.78, 5) is 0. The van der Waals surface area contributed by atoms with Gasteiger partial charge in [-0.05, 0) is 29.3 Å². The molecule has 140 valence electrons. The van der Waals surface area contributed by atoms with E-state index in [1.54, 1.807) is 35.5 Å². The lowest BCUT2D eigenvalue weighted by Gasteiger charge is -2.29. The van der Waals surface area contributed by atoms with Gasteiger partial charge < -0.3 is 28.4 Å². The second kappa shape index (κ2) is 7.74. The third-order valence-corrected chi connectivity index (χ3v) is 4.68. The molecule has 0 amide bonds. The van der Waals surface area contributed by atoms with Crippen molar-refractivity contribution in [1.29, 1.82) is 0 Å². The van der Waals surface area contributed by atoms with Gasteiger partial charge in [0.25, 0.3) is 0 Å². The van der Waals surface area contributed by atoms with Crippen LogP contribution in [0.25, 0.3) is 0 Å². The smallest absolute Gasteiger partial charge is 0.203 e. The van der Waals surface area contributed by atoms with E-state index in [4.69, 9.17) is 28.4 Å². The van der Waals surface area contributed by atoms with Gasteiger partial charge in [-0.25, -0.2) is 0 Å². The molecule has 6 nitrogen and oxygen atoms in total. The molecular formula is C20H24O6. The molecule has 0 bridgehead atoms. The van der Waals surface area contributed by atoms with Crippen molar-refractivity contribution in [2.75, 3.05) is 42.2 Å². The maximum absolute atomic E-state index is 5.86. The summed E-state index contributed by atoms with van der Waals surface area (Å²) in [7, 11) is 8.09. The number of hydrogen-bond acceptors (Lipinski definition) is 6. The molecule has 1 heterocycles. The van der Waals surface area contributed by atoms with Gasteiger partial charge in [-0.15, -0.1) is 0 Å². The van der Waals surface area contributed by atoms with E-state index < -0.39 is 0 Å². The van der Waals surface area contributed by atoms with Crippen LogP contribution in [0.1, 0.15) is 22.6 Å². The maximum atomic E-state index is 5.86. The highest BCUT2D eigenvalue weighted by molar-refractivity contribution is 5.58. The van der Waals surface area contributed by atoms with Gasteiger partial charge in [-0.1, -0.05) is 6.07 Å². The molecular weight excluding hydrogens is 336 g/mol. The standard InChI is InChI=1S/C20H24O6/c1-21-16-7-6-13-14(10-26-11-15(13)19(16)24-4)12-8-17(22-2)20(25-5)18(9-12)23-3/h6-9,14H,10-11H2,1-5H3. The predicted molar refractivity (Wildman–Crippen MR) is 97.1 cm³/mol. The molecule has 1 atom stereocenters. The van der Waals surface area contributed by atoms with Gasteiger partial charge >= 0.3 is 0 Å². The largest absolute Gasteiger partial charge is 0.493 e. The van der Waals surface area contributed by atoms with E-state index in [2.05, 4.69) is 6.07 Å². The summed E-state index contributed by atoms with van der Waals surface area (Å²) in [5.74, 6) is 3.24. The molecule has 1 aliphatic heterocycles. The van der Waals surface area contributed by atoms with Gasteiger partial charge in [0.2, 0.25) is 5.75 Å². The fraction of sp³-hybridized carbons (Fsp3) is 0.400. The van der Waals surface area contributed by atoms with E-state index >= 15 is 0 Å². The van der Waals surface area contributed by atoms with E-state index in [1.165, 1.54) is 0 Å². The van der Waals surface area contributed by atoms with Crippen LogP contribution >= 0.6 is 0 Å². The zero-order chi connectivity index (χ0) is 18.7. The molecule has 0 saturated carbocycles. The number of hydrogen-bond donors (Lipinski definition) is 0. The first kappa shape index (κ1) is 18.2. The van der Waals surface area contributed by atoms with Crippen LogP contribution in [-0.2, 0) is 11.3 Å². The normalized spacial score (nSPS) is 15.8. The molecule has 1 aliphatic rings. The monoisotopic (exact) mass is 360 g/mol. The zero-order valence-corrected chi connectivity index (χ0v) is 15.8. The van der Waals surface area contributed by atoms with Crippen molar-refractivity contribution in [2.24, 2.45) is 0 Å². The molecule has 0 spiro atoms. The number of fused-ring (bicyclic) bond motifs is 1. The Morgan fingerprint density at radius 1 is 0.769 bits per heavy atom. The van der Waals surface area contributed by atoms with E-state index in [0.717, 1.165) is 16.7 Å². The molecule has 3 rings (SSSR count). The van der Waals surface area contributed by atoms with Crippen molar-refractivity contribution in [3.05, 3.63) is 41.0 Å². The average molecular weight is 360 g/mol. The molecule has 0 aliphatic carbocycles. The molecule has 0 fully saturated rings. The quantitative estimate of drug-likeness (QED) is 0.787. The second-order valence-electron chi connectivity index (χ2n) is 5.90. The van der Waals surface area contributed by atoms with Crippen molar-refractivity contribution in [3.63, 3.8) is 0 Å². The van der Waals surface area contributed by atoms with Crippen molar-refractivity contribution < 1.29 is 28.4 Å². The summed E-state index contributed by atoms with van der Waals surface area (Å²) in [5.41, 5.74) is 3.16. The Kier molecular flexibility index (Phi) is 5.42. The molecule has 1 unspecified atom stereocenters. The Labute approximate surface area is 153 Å². The molecule has 2 aromatic carbocycles. The van der Waals surface area contributed by atoms with Gasteiger partial charge in [0.1, 0.15) is 0 Å². The first-order valence-corrected chi connectivity index (χ1v) is 8.29. The molecule has 0 radical (unpaired) electrons. The Balaban J connectivity index is 2.13. The Hall–Kier alpha value is -2.60. The van der Waals surface area contributed by atoms with Gasteiger partial charge in [0.05, 0.1) is 48.8 Å². The molecule has 2 aromatic rings. The summed E-state index contributed by atoms with van der Waals surface area (Å²) in [6.45, 7) is 1.04. The Morgan fingerprint density at radius 3 is 1.92 bits per heavy atom. The maximum Gasteiger partial charge on any atom is 0.203 e. The van der Waals surface area contributed by atoms with Crippen LogP contribution in [-0.4, -0.2) is 42.2 Å². The van der Waals surface area contributed by atoms with Gasteiger partial charge in [0.15, 0.2) is 23.0 Å². The lowest BCUT2D eigenvalue weighted by Crippen LogP contribution is -2.19. The van der Waals surface area contributed by atoms with Crippen LogP contribution in [0, 0.1) is 0 Å². The first-order chi connectivity index (χ1) is 12.7. The molecule has 6 heteroatoms. The molecule has 26 heavy (non-hydrogen) atoms. The molecule has 0 saturated heterocycles. The minimum absolute atomic E-state index is 0.0206. The molecule has 0 aromatic heterocycles. The van der Waals surface area contributed by atoms with Gasteiger partial charge in [-0.2, -0.15) is 0 Å². The lowest BCUT2D eigenvalue weighted by molar-refractivity contribution is 0.0966. The second-order valence-corrected chi connectivity index (χ2v) is 5.90. The Bertz CT molecular complexity index is 761. The van der Waals surface area contributed by atoms with E-state index in [9.17, 15) is 0 Å². The highest BCUT2D eigenvalue weighted by atomic mass is 16.5. The van der Waals surface area contributed by atoms with Gasteiger partial charge in [-0.3, -0.25) is 0 Å². The van der Waals surface area contributed by atoms with Crippen LogP contribution in [0.5, 0.6) is 28.7 Å². The van der Waals surface area contributed by atoms with Gasteiger partial charge in [0, 0.05) is 11.5 Å². The fourth-order valence-electron chi connectivity index (χ4n) is 3.43. The highest BCUT2D eigenvalue weighted by Gasteiger charge is 2.28. The highest BCUT2D eigenvalue weighted by Crippen LogP contribution is 2.45. The minimum atomic E-state index is 0.0206. The van der Waals surface area contributed by atoms with E-state index in [1.807, 2.05) is 18.2 Å². The fourth-order valence-corrected chi connectivity index (χ4v) is 3.43. The average Bonchev–Trinajstić information content (AvgIpc) is 2.70. The van der Waals surface area contributed by atoms with Crippen molar-refractivity contribution in [2.45, 2.75) is 12.5 Å². The third kappa shape index (κ3) is 3.01. The Morgan fingerprint density at radius 2 is 1.38 bits per heavy atom. The van der Waals surface area contributed by atoms with Crippen molar-refractivity contribution >= 4 is 0 Å². The third-order valence-electron chi connectivity index (χ3n) is 4.68. The SMILES string of the molecule is COc1cc(C2COCc3c2ccc(OC)c3OC)cc(OC)c1OC. The molecule has 0 N–H and O–H groups in total. The van der Waals surface area contributed by atoms with Crippen molar-refractivity contribution in [3.8, 4) is 28.7 Å². The van der Waals surface area contributed by atoms with Crippen LogP contribution in [0.3, 0.4) is 0 Å². The minimum Gasteiger partial charge on any atom is -0.493 e. The lowest BCUT2D eigenvalue weighted by atomic mass is 9.86. The number of rotatable bonds is 6. The summed E-state index contributed by atoms with van der Waals surface area (Å²) >= 11 is 0. The van der Waals surface area contributed by atoms with Crippen molar-refractivity contribution in [1.82, 2.24) is 0 Å². The number of methoxy groups -OCH3 is 5. The van der Waals surface area contributed by atoms with E-state index in [-0.39, 0.29) is 5.92 Å². The summed E-state index contributed by atoms with van der Waals surface area (Å²) < 4.78 is 33.2. The number of benzene rings is 2. The summed E-state index contributed by atoms with van der Waals surface area (Å²) in [6.07, 6.45) is 0. The van der Waals surface area contributed by atoms with Crippen LogP contribution in [0.2, 0.25) is 0 Å². The van der Waals surface area contributed by atoms with Crippen LogP contribution in [0.4, 0.5) is 0 Å². The van der Waals surface area contributed by atoms with Crippen LogP contribution < -0.4 is 23.7 Å². The van der Waals surface area contributed by atoms with Crippen LogP contribution in [0.15, 0.2) is 24.3 Å². The summed E-state index contributed by atoms with van der Waals surface area (Å²) in [6, 6.07) is 7.91. The topological polar surface area (TPSA) is 55.4 Å². The first-order valence-electron chi connectivity index (χ1n) is 8.29. The zero-order valence-electron chi connectivity index (χ0n) is 15.8. The predicted octanol–water partition coefficient (Wildman–Crippen LogP) is 3.39. The summed E-state index contributed by atoms with van der Waals surface area (Å²) in [5, 5.41) is 0. The van der Waals surface area contributed by atoms with E-state index in [0.29, 0.717) is 42.0 Å².